The second-order valence-electron chi connectivity index (χ2n) is 4.51. The van der Waals surface area contributed by atoms with Gasteiger partial charge in [-0.05, 0) is 32.9 Å². The summed E-state index contributed by atoms with van der Waals surface area (Å²) >= 11 is 0. The van der Waals surface area contributed by atoms with E-state index in [-0.39, 0.29) is 0 Å². The van der Waals surface area contributed by atoms with Gasteiger partial charge in [-0.25, -0.2) is 0 Å². The Kier molecular flexibility index (Phi) is 6.98. The Bertz CT molecular complexity index is 139. The molecule has 3 nitrogen and oxygen atoms in total. The van der Waals surface area contributed by atoms with Gasteiger partial charge in [0, 0.05) is 32.2 Å². The topological polar surface area (TPSA) is 27.3 Å². The molecule has 1 atom stereocenters. The smallest absolute Gasteiger partial charge is 0.0107 e. The molecule has 1 saturated heterocycles. The number of hydrogen-bond acceptors (Lipinski definition) is 3. The van der Waals surface area contributed by atoms with Gasteiger partial charge in [0.1, 0.15) is 0 Å². The Morgan fingerprint density at radius 1 is 1.27 bits per heavy atom. The molecule has 0 aliphatic carbocycles. The summed E-state index contributed by atoms with van der Waals surface area (Å²) in [7, 11) is 2.09. The van der Waals surface area contributed by atoms with Crippen LogP contribution in [-0.2, 0) is 0 Å². The highest BCUT2D eigenvalue weighted by molar-refractivity contribution is 4.69. The molecular formula is C12H27N3. The first-order chi connectivity index (χ1) is 7.36. The molecule has 1 heterocycles. The van der Waals surface area contributed by atoms with Crippen LogP contribution in [0, 0.1) is 0 Å². The van der Waals surface area contributed by atoms with Crippen LogP contribution in [0.4, 0.5) is 0 Å². The molecule has 2 N–H and O–H groups in total. The van der Waals surface area contributed by atoms with Crippen molar-refractivity contribution in [3.05, 3.63) is 0 Å². The summed E-state index contributed by atoms with van der Waals surface area (Å²) < 4.78 is 0. The van der Waals surface area contributed by atoms with E-state index in [1.54, 1.807) is 0 Å². The standard InChI is InChI=1S/C12H27N3/c1-3-5-12(13-2)6-4-9-15-10-7-14-8-11-15/h12-14H,3-11H2,1-2H3. The minimum absolute atomic E-state index is 0.734. The van der Waals surface area contributed by atoms with Crippen LogP contribution >= 0.6 is 0 Å². The van der Waals surface area contributed by atoms with Crippen molar-refractivity contribution >= 4 is 0 Å². The predicted molar refractivity (Wildman–Crippen MR) is 66.3 cm³/mol. The van der Waals surface area contributed by atoms with Gasteiger partial charge in [0.2, 0.25) is 0 Å². The first-order valence-electron chi connectivity index (χ1n) is 6.47. The van der Waals surface area contributed by atoms with Gasteiger partial charge in [-0.15, -0.1) is 0 Å². The van der Waals surface area contributed by atoms with Crippen LogP contribution in [-0.4, -0.2) is 50.7 Å². The molecule has 0 aromatic carbocycles. The Morgan fingerprint density at radius 3 is 2.60 bits per heavy atom. The van der Waals surface area contributed by atoms with E-state index in [4.69, 9.17) is 0 Å². The minimum atomic E-state index is 0.734. The zero-order valence-electron chi connectivity index (χ0n) is 10.4. The molecule has 0 bridgehead atoms. The summed E-state index contributed by atoms with van der Waals surface area (Å²) in [5, 5.41) is 6.80. The molecule has 0 radical (unpaired) electrons. The molecule has 1 aliphatic heterocycles. The highest BCUT2D eigenvalue weighted by atomic mass is 15.2. The molecule has 90 valence electrons. The number of rotatable bonds is 7. The molecule has 0 saturated carbocycles. The van der Waals surface area contributed by atoms with Gasteiger partial charge < -0.3 is 15.5 Å². The molecule has 1 rings (SSSR count). The molecular weight excluding hydrogens is 186 g/mol. The highest BCUT2D eigenvalue weighted by Crippen LogP contribution is 2.05. The van der Waals surface area contributed by atoms with Gasteiger partial charge in [-0.2, -0.15) is 0 Å². The van der Waals surface area contributed by atoms with E-state index in [9.17, 15) is 0 Å². The highest BCUT2D eigenvalue weighted by Gasteiger charge is 2.10. The van der Waals surface area contributed by atoms with Crippen molar-refractivity contribution in [1.29, 1.82) is 0 Å². The quantitative estimate of drug-likeness (QED) is 0.662. The third-order valence-electron chi connectivity index (χ3n) is 3.28. The predicted octanol–water partition coefficient (Wildman–Crippen LogP) is 1.06. The van der Waals surface area contributed by atoms with Crippen molar-refractivity contribution in [2.45, 2.75) is 38.6 Å². The molecule has 1 unspecified atom stereocenters. The average Bonchev–Trinajstić information content (AvgIpc) is 2.29. The molecule has 0 spiro atoms. The van der Waals surface area contributed by atoms with E-state index in [0.29, 0.717) is 0 Å². The summed E-state index contributed by atoms with van der Waals surface area (Å²) in [4.78, 5) is 2.58. The second kappa shape index (κ2) is 8.08. The Balaban J connectivity index is 2.03. The largest absolute Gasteiger partial charge is 0.317 e. The number of piperazine rings is 1. The van der Waals surface area contributed by atoms with E-state index < -0.39 is 0 Å². The second-order valence-corrected chi connectivity index (χ2v) is 4.51. The lowest BCUT2D eigenvalue weighted by molar-refractivity contribution is 0.232. The molecule has 3 heteroatoms. The molecule has 0 aromatic heterocycles. The van der Waals surface area contributed by atoms with Crippen LogP contribution in [0.15, 0.2) is 0 Å². The summed E-state index contributed by atoms with van der Waals surface area (Å²) in [5.41, 5.74) is 0. The van der Waals surface area contributed by atoms with Gasteiger partial charge in [0.25, 0.3) is 0 Å². The van der Waals surface area contributed by atoms with Crippen LogP contribution in [0.25, 0.3) is 0 Å². The number of nitrogens with zero attached hydrogens (tertiary/aromatic N) is 1. The van der Waals surface area contributed by atoms with E-state index in [2.05, 4.69) is 29.5 Å². The van der Waals surface area contributed by atoms with Gasteiger partial charge in [-0.1, -0.05) is 13.3 Å². The number of nitrogens with one attached hydrogen (secondary N) is 2. The van der Waals surface area contributed by atoms with Crippen LogP contribution in [0.2, 0.25) is 0 Å². The average molecular weight is 213 g/mol. The maximum Gasteiger partial charge on any atom is 0.0107 e. The van der Waals surface area contributed by atoms with E-state index >= 15 is 0 Å². The molecule has 0 amide bonds. The zero-order valence-corrected chi connectivity index (χ0v) is 10.4. The first kappa shape index (κ1) is 12.9. The van der Waals surface area contributed by atoms with Crippen LogP contribution in [0.5, 0.6) is 0 Å². The van der Waals surface area contributed by atoms with Gasteiger partial charge in [-0.3, -0.25) is 0 Å². The molecule has 1 aliphatic rings. The third kappa shape index (κ3) is 5.50. The van der Waals surface area contributed by atoms with Gasteiger partial charge in [0.15, 0.2) is 0 Å². The van der Waals surface area contributed by atoms with Crippen molar-refractivity contribution < 1.29 is 0 Å². The normalized spacial score (nSPS) is 20.4. The molecule has 0 aromatic rings. The van der Waals surface area contributed by atoms with Crippen molar-refractivity contribution in [2.24, 2.45) is 0 Å². The fourth-order valence-corrected chi connectivity index (χ4v) is 2.28. The lowest BCUT2D eigenvalue weighted by Gasteiger charge is -2.27. The van der Waals surface area contributed by atoms with Crippen LogP contribution in [0.1, 0.15) is 32.6 Å². The number of hydrogen-bond donors (Lipinski definition) is 2. The molecule has 15 heavy (non-hydrogen) atoms. The lowest BCUT2D eigenvalue weighted by Crippen LogP contribution is -2.44. The third-order valence-corrected chi connectivity index (χ3v) is 3.28. The molecule has 1 fully saturated rings. The fraction of sp³-hybridized carbons (Fsp3) is 1.00. The Hall–Kier alpha value is -0.120. The summed E-state index contributed by atoms with van der Waals surface area (Å²) in [5.74, 6) is 0. The monoisotopic (exact) mass is 213 g/mol. The van der Waals surface area contributed by atoms with E-state index in [1.807, 2.05) is 0 Å². The van der Waals surface area contributed by atoms with Crippen molar-refractivity contribution in [1.82, 2.24) is 15.5 Å². The van der Waals surface area contributed by atoms with Crippen LogP contribution < -0.4 is 10.6 Å². The first-order valence-corrected chi connectivity index (χ1v) is 6.47. The van der Waals surface area contributed by atoms with Crippen molar-refractivity contribution in [3.8, 4) is 0 Å². The van der Waals surface area contributed by atoms with E-state index in [0.717, 1.165) is 6.04 Å². The Labute approximate surface area is 94.6 Å². The van der Waals surface area contributed by atoms with Crippen LogP contribution in [0.3, 0.4) is 0 Å². The van der Waals surface area contributed by atoms with Crippen molar-refractivity contribution in [2.75, 3.05) is 39.8 Å². The Morgan fingerprint density at radius 2 is 2.00 bits per heavy atom. The van der Waals surface area contributed by atoms with E-state index in [1.165, 1.54) is 58.4 Å². The van der Waals surface area contributed by atoms with Crippen molar-refractivity contribution in [3.63, 3.8) is 0 Å². The van der Waals surface area contributed by atoms with Gasteiger partial charge >= 0.3 is 0 Å². The summed E-state index contributed by atoms with van der Waals surface area (Å²) in [6.07, 6.45) is 5.27. The SMILES string of the molecule is CCCC(CCCN1CCNCC1)NC. The fourth-order valence-electron chi connectivity index (χ4n) is 2.28. The minimum Gasteiger partial charge on any atom is -0.317 e. The zero-order chi connectivity index (χ0) is 10.9. The maximum atomic E-state index is 3.41. The lowest BCUT2D eigenvalue weighted by atomic mass is 10.1. The summed E-state index contributed by atoms with van der Waals surface area (Å²) in [6, 6.07) is 0.734. The summed E-state index contributed by atoms with van der Waals surface area (Å²) in [6.45, 7) is 8.36. The maximum absolute atomic E-state index is 3.41. The van der Waals surface area contributed by atoms with Gasteiger partial charge in [0.05, 0.1) is 0 Å².